The lowest BCUT2D eigenvalue weighted by Gasteiger charge is -2.05. The number of carbonyl (C=O) groups excluding carboxylic acids is 1. The first kappa shape index (κ1) is 14.0. The predicted octanol–water partition coefficient (Wildman–Crippen LogP) is 2.15. The summed E-state index contributed by atoms with van der Waals surface area (Å²) in [6, 6.07) is 13.4. The Hall–Kier alpha value is -2.95. The third-order valence-corrected chi connectivity index (χ3v) is 3.46. The van der Waals surface area contributed by atoms with E-state index in [-0.39, 0.29) is 23.3 Å². The quantitative estimate of drug-likeness (QED) is 0.694. The Labute approximate surface area is 125 Å². The normalized spacial score (nSPS) is 10.8. The average Bonchev–Trinajstić information content (AvgIpc) is 2.52. The summed E-state index contributed by atoms with van der Waals surface area (Å²) in [4.78, 5) is 36.5. The molecule has 110 valence electrons. The van der Waals surface area contributed by atoms with Crippen LogP contribution in [0.3, 0.4) is 0 Å². The van der Waals surface area contributed by atoms with Crippen molar-refractivity contribution in [3.05, 3.63) is 80.6 Å². The number of aryl methyl sites for hydroxylation is 1. The van der Waals surface area contributed by atoms with Crippen LogP contribution in [0.25, 0.3) is 11.0 Å². The van der Waals surface area contributed by atoms with Gasteiger partial charge in [0.1, 0.15) is 5.58 Å². The third kappa shape index (κ3) is 2.48. The number of hydrogen-bond acceptors (Lipinski definition) is 4. The van der Waals surface area contributed by atoms with E-state index in [0.29, 0.717) is 5.56 Å². The number of para-hydroxylation sites is 1. The zero-order valence-electron chi connectivity index (χ0n) is 11.9. The number of benzene rings is 2. The monoisotopic (exact) mass is 295 g/mol. The van der Waals surface area contributed by atoms with E-state index in [1.807, 2.05) is 6.92 Å². The van der Waals surface area contributed by atoms with E-state index in [0.717, 1.165) is 10.1 Å². The van der Waals surface area contributed by atoms with Gasteiger partial charge in [-0.3, -0.25) is 9.59 Å². The lowest BCUT2D eigenvalue weighted by Crippen LogP contribution is -2.35. The summed E-state index contributed by atoms with van der Waals surface area (Å²) in [6.45, 7) is 1.58. The van der Waals surface area contributed by atoms with E-state index in [9.17, 15) is 14.4 Å². The summed E-state index contributed by atoms with van der Waals surface area (Å²) >= 11 is 0. The first-order chi connectivity index (χ1) is 10.6. The van der Waals surface area contributed by atoms with Gasteiger partial charge in [-0.25, -0.2) is 9.36 Å². The minimum atomic E-state index is -0.829. The van der Waals surface area contributed by atoms with Crippen molar-refractivity contribution in [3.8, 4) is 0 Å². The molecule has 2 aromatic carbocycles. The molecule has 0 bridgehead atoms. The molecular formula is C17H13NO4. The van der Waals surface area contributed by atoms with Crippen LogP contribution in [-0.4, -0.2) is 10.4 Å². The van der Waals surface area contributed by atoms with Gasteiger partial charge in [0.05, 0.1) is 11.9 Å². The Bertz CT molecular complexity index is 964. The molecule has 0 aliphatic rings. The van der Waals surface area contributed by atoms with Gasteiger partial charge in [-0.2, -0.15) is 0 Å². The Morgan fingerprint density at radius 1 is 1.05 bits per heavy atom. The number of carbonyl (C=O) groups is 1. The highest BCUT2D eigenvalue weighted by Crippen LogP contribution is 2.07. The number of Topliss-reactive ketones (excluding diaryl/α,β-unsaturated/α-hetero) is 1. The topological polar surface area (TPSA) is 69.3 Å². The van der Waals surface area contributed by atoms with Gasteiger partial charge in [-0.1, -0.05) is 42.0 Å². The molecule has 3 aromatic rings. The van der Waals surface area contributed by atoms with E-state index in [1.54, 1.807) is 48.5 Å². The lowest BCUT2D eigenvalue weighted by atomic mass is 10.1. The minimum absolute atomic E-state index is 0.219. The molecule has 5 nitrogen and oxygen atoms in total. The maximum absolute atomic E-state index is 12.3. The molecule has 0 unspecified atom stereocenters. The Morgan fingerprint density at radius 3 is 2.45 bits per heavy atom. The molecule has 3 rings (SSSR count). The summed E-state index contributed by atoms with van der Waals surface area (Å²) in [5, 5.41) is 0.277. The molecule has 0 saturated heterocycles. The van der Waals surface area contributed by atoms with Crippen LogP contribution in [0.15, 0.2) is 62.5 Å². The maximum atomic E-state index is 12.3. The predicted molar refractivity (Wildman–Crippen MR) is 82.3 cm³/mol. The lowest BCUT2D eigenvalue weighted by molar-refractivity contribution is 0.0966. The number of fused-ring (bicyclic) bond motifs is 1. The molecule has 0 aliphatic carbocycles. The summed E-state index contributed by atoms with van der Waals surface area (Å²) in [7, 11) is 0. The summed E-state index contributed by atoms with van der Waals surface area (Å²) in [5.74, 6) is -1.14. The van der Waals surface area contributed by atoms with Gasteiger partial charge in [0.2, 0.25) is 0 Å². The van der Waals surface area contributed by atoms with E-state index in [2.05, 4.69) is 0 Å². The summed E-state index contributed by atoms with van der Waals surface area (Å²) in [5.41, 5.74) is 1.17. The van der Waals surface area contributed by atoms with Crippen molar-refractivity contribution in [2.45, 2.75) is 13.5 Å². The molecule has 5 heteroatoms. The van der Waals surface area contributed by atoms with Crippen molar-refractivity contribution in [1.82, 2.24) is 4.57 Å². The van der Waals surface area contributed by atoms with Crippen LogP contribution in [0, 0.1) is 6.92 Å². The van der Waals surface area contributed by atoms with E-state index in [4.69, 9.17) is 4.42 Å². The van der Waals surface area contributed by atoms with E-state index in [1.165, 1.54) is 0 Å². The second kappa shape index (κ2) is 5.44. The summed E-state index contributed by atoms with van der Waals surface area (Å²) < 4.78 is 5.91. The van der Waals surface area contributed by atoms with Crippen molar-refractivity contribution in [2.75, 3.05) is 0 Å². The van der Waals surface area contributed by atoms with Crippen LogP contribution >= 0.6 is 0 Å². The van der Waals surface area contributed by atoms with Crippen LogP contribution in [-0.2, 0) is 6.54 Å². The molecule has 22 heavy (non-hydrogen) atoms. The molecule has 0 saturated carbocycles. The van der Waals surface area contributed by atoms with E-state index < -0.39 is 11.3 Å². The van der Waals surface area contributed by atoms with Crippen molar-refractivity contribution in [3.63, 3.8) is 0 Å². The number of rotatable bonds is 3. The zero-order chi connectivity index (χ0) is 15.7. The Balaban J connectivity index is 2.04. The van der Waals surface area contributed by atoms with Gasteiger partial charge in [-0.15, -0.1) is 0 Å². The molecule has 1 aromatic heterocycles. The molecule has 0 radical (unpaired) electrons. The van der Waals surface area contributed by atoms with Gasteiger partial charge in [0, 0.05) is 5.56 Å². The van der Waals surface area contributed by atoms with Gasteiger partial charge in [-0.05, 0) is 19.1 Å². The maximum Gasteiger partial charge on any atom is 0.422 e. The first-order valence-corrected chi connectivity index (χ1v) is 6.79. The zero-order valence-corrected chi connectivity index (χ0v) is 11.9. The highest BCUT2D eigenvalue weighted by Gasteiger charge is 2.13. The van der Waals surface area contributed by atoms with E-state index >= 15 is 0 Å². The number of nitrogens with zero attached hydrogens (tertiary/aromatic N) is 1. The van der Waals surface area contributed by atoms with Gasteiger partial charge >= 0.3 is 5.76 Å². The van der Waals surface area contributed by atoms with Crippen LogP contribution in [0.2, 0.25) is 0 Å². The standard InChI is InChI=1S/C17H13NO4/c1-11-6-8-12(9-7-11)14(19)10-18-16(20)13-4-2-3-5-15(13)22-17(18)21/h2-9H,10H2,1H3. The number of aromatic nitrogens is 1. The van der Waals surface area contributed by atoms with Crippen molar-refractivity contribution >= 4 is 16.8 Å². The van der Waals surface area contributed by atoms with Crippen molar-refractivity contribution in [1.29, 1.82) is 0 Å². The van der Waals surface area contributed by atoms with Gasteiger partial charge < -0.3 is 4.42 Å². The molecule has 0 amide bonds. The van der Waals surface area contributed by atoms with Gasteiger partial charge in [0.25, 0.3) is 5.56 Å². The number of ketones is 1. The fourth-order valence-corrected chi connectivity index (χ4v) is 2.22. The Morgan fingerprint density at radius 2 is 1.73 bits per heavy atom. The second-order valence-electron chi connectivity index (χ2n) is 5.04. The minimum Gasteiger partial charge on any atom is -0.409 e. The SMILES string of the molecule is Cc1ccc(C(=O)Cn2c(=O)oc3ccccc3c2=O)cc1. The summed E-state index contributed by atoms with van der Waals surface area (Å²) in [6.07, 6.45) is 0. The number of hydrogen-bond donors (Lipinski definition) is 0. The average molecular weight is 295 g/mol. The fraction of sp³-hybridized carbons (Fsp3) is 0.118. The van der Waals surface area contributed by atoms with Crippen LogP contribution in [0.5, 0.6) is 0 Å². The highest BCUT2D eigenvalue weighted by molar-refractivity contribution is 5.96. The highest BCUT2D eigenvalue weighted by atomic mass is 16.4. The largest absolute Gasteiger partial charge is 0.422 e. The first-order valence-electron chi connectivity index (χ1n) is 6.79. The molecule has 0 aliphatic heterocycles. The molecule has 0 atom stereocenters. The van der Waals surface area contributed by atoms with Crippen LogP contribution in [0.4, 0.5) is 0 Å². The smallest absolute Gasteiger partial charge is 0.409 e. The van der Waals surface area contributed by atoms with Crippen LogP contribution < -0.4 is 11.3 Å². The molecule has 0 fully saturated rings. The van der Waals surface area contributed by atoms with Crippen LogP contribution in [0.1, 0.15) is 15.9 Å². The third-order valence-electron chi connectivity index (χ3n) is 3.46. The second-order valence-corrected chi connectivity index (χ2v) is 5.04. The van der Waals surface area contributed by atoms with Crippen molar-refractivity contribution in [2.24, 2.45) is 0 Å². The Kier molecular flexibility index (Phi) is 3.47. The molecular weight excluding hydrogens is 282 g/mol. The molecule has 0 spiro atoms. The molecule has 0 N–H and O–H groups in total. The fourth-order valence-electron chi connectivity index (χ4n) is 2.22. The molecule has 1 heterocycles. The van der Waals surface area contributed by atoms with Gasteiger partial charge in [0.15, 0.2) is 5.78 Å². The van der Waals surface area contributed by atoms with Crippen molar-refractivity contribution < 1.29 is 9.21 Å².